The third-order valence-electron chi connectivity index (χ3n) is 3.98. The van der Waals surface area contributed by atoms with Crippen molar-refractivity contribution in [3.05, 3.63) is 76.5 Å². The quantitative estimate of drug-likeness (QED) is 0.666. The van der Waals surface area contributed by atoms with Crippen molar-refractivity contribution in [3.8, 4) is 0 Å². The van der Waals surface area contributed by atoms with Crippen LogP contribution < -0.4 is 4.90 Å². The van der Waals surface area contributed by atoms with Crippen LogP contribution in [0.2, 0.25) is 0 Å². The minimum Gasteiger partial charge on any atom is -0.338 e. The maximum Gasteiger partial charge on any atom is 0.0811 e. The molecule has 0 bridgehead atoms. The molecule has 0 saturated carbocycles. The monoisotopic (exact) mass is 289 g/mol. The van der Waals surface area contributed by atoms with E-state index < -0.39 is 0 Å². The summed E-state index contributed by atoms with van der Waals surface area (Å²) in [4.78, 5) is 3.57. The second kappa shape index (κ2) is 4.70. The predicted octanol–water partition coefficient (Wildman–Crippen LogP) is 5.17. The van der Waals surface area contributed by atoms with Crippen LogP contribution in [0, 0.1) is 0 Å². The summed E-state index contributed by atoms with van der Waals surface area (Å²) in [5.41, 5.74) is 9.78. The smallest absolute Gasteiger partial charge is 0.0811 e. The first-order chi connectivity index (χ1) is 10.2. The predicted molar refractivity (Wildman–Crippen MR) is 91.2 cm³/mol. The number of nitrogens with zero attached hydrogens (tertiary/aromatic N) is 1. The molecule has 0 fully saturated rings. The first-order valence-corrected chi connectivity index (χ1v) is 7.85. The molecule has 1 aliphatic heterocycles. The highest BCUT2D eigenvalue weighted by Gasteiger charge is 2.22. The number of hydrogen-bond acceptors (Lipinski definition) is 2. The van der Waals surface area contributed by atoms with Crippen molar-refractivity contribution >= 4 is 28.6 Å². The first kappa shape index (κ1) is 12.6. The Hall–Kier alpha value is -2.15. The summed E-state index contributed by atoms with van der Waals surface area (Å²) in [5.74, 6) is 0. The molecule has 0 saturated heterocycles. The SMILES string of the molecule is CC1=C=C(C=C2Sc3ccccc3N2C)c2ccccc21. The summed E-state index contributed by atoms with van der Waals surface area (Å²) in [6.45, 7) is 2.13. The summed E-state index contributed by atoms with van der Waals surface area (Å²) in [7, 11) is 2.13. The fourth-order valence-corrected chi connectivity index (χ4v) is 3.96. The lowest BCUT2D eigenvalue weighted by atomic mass is 10.0. The topological polar surface area (TPSA) is 3.24 Å². The van der Waals surface area contributed by atoms with Gasteiger partial charge in [-0.3, -0.25) is 0 Å². The van der Waals surface area contributed by atoms with Crippen LogP contribution in [0.25, 0.3) is 11.1 Å². The second-order valence-corrected chi connectivity index (χ2v) is 6.38. The number of thioether (sulfide) groups is 1. The summed E-state index contributed by atoms with van der Waals surface area (Å²) >= 11 is 1.82. The molecule has 2 aromatic rings. The normalized spacial score (nSPS) is 17.6. The van der Waals surface area contributed by atoms with E-state index in [1.165, 1.54) is 37.9 Å². The van der Waals surface area contributed by atoms with Crippen LogP contribution in [0.4, 0.5) is 5.69 Å². The molecule has 0 radical (unpaired) electrons. The fourth-order valence-electron chi connectivity index (χ4n) is 2.87. The van der Waals surface area contributed by atoms with E-state index in [1.807, 2.05) is 11.8 Å². The molecule has 2 aromatic carbocycles. The lowest BCUT2D eigenvalue weighted by Gasteiger charge is -2.13. The lowest BCUT2D eigenvalue weighted by Crippen LogP contribution is -2.09. The van der Waals surface area contributed by atoms with Crippen LogP contribution >= 0.6 is 11.8 Å². The van der Waals surface area contributed by atoms with E-state index in [1.54, 1.807) is 0 Å². The van der Waals surface area contributed by atoms with Crippen molar-refractivity contribution in [3.63, 3.8) is 0 Å². The summed E-state index contributed by atoms with van der Waals surface area (Å²) in [6, 6.07) is 17.1. The minimum absolute atomic E-state index is 1.19. The maximum absolute atomic E-state index is 3.51. The van der Waals surface area contributed by atoms with E-state index in [2.05, 4.69) is 79.2 Å². The van der Waals surface area contributed by atoms with Crippen LogP contribution in [-0.4, -0.2) is 7.05 Å². The zero-order chi connectivity index (χ0) is 14.4. The molecule has 1 nitrogen and oxygen atoms in total. The Morgan fingerprint density at radius 3 is 2.52 bits per heavy atom. The van der Waals surface area contributed by atoms with Crippen molar-refractivity contribution in [1.29, 1.82) is 0 Å². The highest BCUT2D eigenvalue weighted by atomic mass is 32.2. The largest absolute Gasteiger partial charge is 0.338 e. The Morgan fingerprint density at radius 1 is 1.00 bits per heavy atom. The van der Waals surface area contributed by atoms with Gasteiger partial charge in [-0.25, -0.2) is 0 Å². The van der Waals surface area contributed by atoms with Gasteiger partial charge in [0, 0.05) is 17.5 Å². The Balaban J connectivity index is 1.77. The van der Waals surface area contributed by atoms with Gasteiger partial charge in [0.2, 0.25) is 0 Å². The number of rotatable bonds is 1. The average molecular weight is 289 g/mol. The third kappa shape index (κ3) is 1.96. The van der Waals surface area contributed by atoms with E-state index >= 15 is 0 Å². The van der Waals surface area contributed by atoms with Gasteiger partial charge in [0.15, 0.2) is 0 Å². The molecular formula is C19H15NS. The molecule has 0 atom stereocenters. The molecule has 0 unspecified atom stereocenters. The van der Waals surface area contributed by atoms with Crippen molar-refractivity contribution < 1.29 is 0 Å². The second-order valence-electron chi connectivity index (χ2n) is 5.32. The highest BCUT2D eigenvalue weighted by molar-refractivity contribution is 8.03. The van der Waals surface area contributed by atoms with Gasteiger partial charge in [-0.15, -0.1) is 5.73 Å². The Labute approximate surface area is 129 Å². The maximum atomic E-state index is 3.51. The molecule has 2 aliphatic rings. The number of anilines is 1. The molecule has 1 aliphatic carbocycles. The van der Waals surface area contributed by atoms with Crippen LogP contribution in [0.1, 0.15) is 18.1 Å². The van der Waals surface area contributed by atoms with Gasteiger partial charge in [0.05, 0.1) is 10.7 Å². The molecule has 21 heavy (non-hydrogen) atoms. The third-order valence-corrected chi connectivity index (χ3v) is 5.15. The molecule has 102 valence electrons. The summed E-state index contributed by atoms with van der Waals surface area (Å²) in [5, 5.41) is 1.25. The van der Waals surface area contributed by atoms with Crippen LogP contribution in [0.5, 0.6) is 0 Å². The summed E-state index contributed by atoms with van der Waals surface area (Å²) < 4.78 is 0. The molecule has 0 spiro atoms. The van der Waals surface area contributed by atoms with Gasteiger partial charge >= 0.3 is 0 Å². The number of fused-ring (bicyclic) bond motifs is 2. The number of benzene rings is 2. The highest BCUT2D eigenvalue weighted by Crippen LogP contribution is 2.46. The number of para-hydroxylation sites is 1. The van der Waals surface area contributed by atoms with Crippen LogP contribution in [-0.2, 0) is 0 Å². The number of allylic oxidation sites excluding steroid dienone is 2. The van der Waals surface area contributed by atoms with E-state index in [0.717, 1.165) is 0 Å². The van der Waals surface area contributed by atoms with Gasteiger partial charge < -0.3 is 4.90 Å². The van der Waals surface area contributed by atoms with E-state index in [9.17, 15) is 0 Å². The first-order valence-electron chi connectivity index (χ1n) is 7.03. The molecular weight excluding hydrogens is 274 g/mol. The molecule has 4 rings (SSSR count). The average Bonchev–Trinajstić information content (AvgIpc) is 2.99. The molecule has 1 heterocycles. The van der Waals surface area contributed by atoms with Gasteiger partial charge in [-0.05, 0) is 41.8 Å². The van der Waals surface area contributed by atoms with E-state index in [4.69, 9.17) is 0 Å². The fraction of sp³-hybridized carbons (Fsp3) is 0.105. The standard InChI is InChI=1S/C19H15NS/c1-13-11-14(16-8-4-3-7-15(13)16)12-19-20(2)17-9-5-6-10-18(17)21-19/h3-10,12H,1-2H3. The summed E-state index contributed by atoms with van der Waals surface area (Å²) in [6.07, 6.45) is 2.25. The van der Waals surface area contributed by atoms with Crippen LogP contribution in [0.15, 0.2) is 70.3 Å². The van der Waals surface area contributed by atoms with E-state index in [-0.39, 0.29) is 0 Å². The zero-order valence-electron chi connectivity index (χ0n) is 12.1. The van der Waals surface area contributed by atoms with Crippen molar-refractivity contribution in [1.82, 2.24) is 0 Å². The van der Waals surface area contributed by atoms with Gasteiger partial charge in [-0.2, -0.15) is 0 Å². The van der Waals surface area contributed by atoms with Crippen LogP contribution in [0.3, 0.4) is 0 Å². The molecule has 2 heteroatoms. The zero-order valence-corrected chi connectivity index (χ0v) is 12.9. The lowest BCUT2D eigenvalue weighted by molar-refractivity contribution is 1.18. The van der Waals surface area contributed by atoms with Crippen molar-refractivity contribution in [2.75, 3.05) is 11.9 Å². The Kier molecular flexibility index (Phi) is 2.81. The molecule has 0 N–H and O–H groups in total. The minimum atomic E-state index is 1.19. The molecule has 0 amide bonds. The van der Waals surface area contributed by atoms with Gasteiger partial charge in [-0.1, -0.05) is 48.2 Å². The van der Waals surface area contributed by atoms with Crippen molar-refractivity contribution in [2.45, 2.75) is 11.8 Å². The van der Waals surface area contributed by atoms with Gasteiger partial charge in [0.1, 0.15) is 0 Å². The Bertz CT molecular complexity index is 838. The molecule has 0 aromatic heterocycles. The Morgan fingerprint density at radius 2 is 1.71 bits per heavy atom. The number of hydrogen-bond donors (Lipinski definition) is 0. The van der Waals surface area contributed by atoms with Gasteiger partial charge in [0.25, 0.3) is 0 Å². The van der Waals surface area contributed by atoms with E-state index in [0.29, 0.717) is 0 Å². The van der Waals surface area contributed by atoms with Crippen molar-refractivity contribution in [2.24, 2.45) is 0 Å².